The molecular weight excluding hydrogens is 536 g/mol. The van der Waals surface area contributed by atoms with Gasteiger partial charge >= 0.3 is 6.09 Å². The number of fused-ring (bicyclic) bond motifs is 2. The third kappa shape index (κ3) is 4.86. The van der Waals surface area contributed by atoms with Crippen LogP contribution in [0.15, 0.2) is 33.0 Å². The van der Waals surface area contributed by atoms with Crippen molar-refractivity contribution >= 4 is 39.6 Å². The number of aryl methyl sites for hydroxylation is 1. The smallest absolute Gasteiger partial charge is 0.407 e. The third-order valence-corrected chi connectivity index (χ3v) is 8.49. The lowest BCUT2D eigenvalue weighted by Gasteiger charge is -2.40. The summed E-state index contributed by atoms with van der Waals surface area (Å²) >= 11 is 5.00. The fraction of sp³-hybridized carbons (Fsp3) is 0.478. The Kier molecular flexibility index (Phi) is 6.67. The number of aromatic nitrogens is 4. The maximum absolute atomic E-state index is 11.6. The Morgan fingerprint density at radius 3 is 2.83 bits per heavy atom. The molecule has 1 amide bonds. The van der Waals surface area contributed by atoms with Crippen LogP contribution in [0.4, 0.5) is 10.6 Å². The molecule has 2 atom stereocenters. The van der Waals surface area contributed by atoms with Crippen molar-refractivity contribution in [1.29, 1.82) is 0 Å². The van der Waals surface area contributed by atoms with E-state index in [0.29, 0.717) is 53.0 Å². The second-order valence-electron chi connectivity index (χ2n) is 9.21. The molecule has 35 heavy (non-hydrogen) atoms. The molecule has 1 fully saturated rings. The number of hydrogen-bond acceptors (Lipinski definition) is 8. The molecule has 3 N–H and O–H groups in total. The van der Waals surface area contributed by atoms with Crippen LogP contribution in [-0.4, -0.2) is 55.0 Å². The highest BCUT2D eigenvalue weighted by molar-refractivity contribution is 9.10. The number of imidazole rings is 1. The van der Waals surface area contributed by atoms with Crippen LogP contribution in [0.5, 0.6) is 11.5 Å². The van der Waals surface area contributed by atoms with Crippen molar-refractivity contribution in [3.05, 3.63) is 22.9 Å². The summed E-state index contributed by atoms with van der Waals surface area (Å²) in [6.07, 6.45) is 3.51. The average molecular weight is 563 g/mol. The second-order valence-corrected chi connectivity index (χ2v) is 11.1. The zero-order valence-electron chi connectivity index (χ0n) is 19.5. The Labute approximate surface area is 215 Å². The van der Waals surface area contributed by atoms with Gasteiger partial charge in [-0.25, -0.2) is 19.7 Å². The number of benzene rings is 1. The molecule has 0 aromatic heterocycles. The topological polar surface area (TPSA) is 129 Å². The number of halogens is 1. The van der Waals surface area contributed by atoms with Crippen molar-refractivity contribution in [2.75, 3.05) is 19.1 Å². The summed E-state index contributed by atoms with van der Waals surface area (Å²) in [5.74, 6) is 3.14. The first kappa shape index (κ1) is 24.0. The van der Waals surface area contributed by atoms with Crippen LogP contribution in [0.1, 0.15) is 33.1 Å². The molecule has 12 heteroatoms. The van der Waals surface area contributed by atoms with Crippen LogP contribution >= 0.6 is 27.7 Å². The zero-order valence-corrected chi connectivity index (χ0v) is 21.9. The standard InChI is InChI=1S/C23H27BrN6O4S/c1-12(2)15-7-13(4-6-30(15)23(31)32)3-5-29-10-26-20(25)19-21(29)28-22(27-19)35-18-9-17-16(8-14(18)24)33-11-34-17/h8-10,12-13,15H,3-7,11,25H2,1-2H3,(H,31,32). The van der Waals surface area contributed by atoms with Crippen LogP contribution in [0.2, 0.25) is 0 Å². The largest absolute Gasteiger partial charge is 0.465 e. The number of rotatable bonds is 6. The highest BCUT2D eigenvalue weighted by atomic mass is 79.9. The van der Waals surface area contributed by atoms with E-state index >= 15 is 0 Å². The average Bonchev–Trinajstić information content (AvgIpc) is 3.46. The minimum absolute atomic E-state index is 0.0441. The summed E-state index contributed by atoms with van der Waals surface area (Å²) < 4.78 is 13.8. The lowest BCUT2D eigenvalue weighted by molar-refractivity contribution is 0.0682. The number of piperidine rings is 1. The van der Waals surface area contributed by atoms with Gasteiger partial charge in [0.1, 0.15) is 0 Å². The van der Waals surface area contributed by atoms with Crippen molar-refractivity contribution in [1.82, 2.24) is 24.4 Å². The summed E-state index contributed by atoms with van der Waals surface area (Å²) in [4.78, 5) is 27.9. The van der Waals surface area contributed by atoms with Crippen molar-refractivity contribution < 1.29 is 19.4 Å². The van der Waals surface area contributed by atoms with E-state index in [-0.39, 0.29) is 18.8 Å². The highest BCUT2D eigenvalue weighted by Gasteiger charge is 2.33. The molecule has 4 aliphatic heterocycles. The molecule has 0 spiro atoms. The van der Waals surface area contributed by atoms with Crippen molar-refractivity contribution in [3.8, 4) is 23.0 Å². The van der Waals surface area contributed by atoms with E-state index in [1.165, 1.54) is 11.8 Å². The molecule has 2 unspecified atom stereocenters. The number of likely N-dealkylation sites (tertiary alicyclic amines) is 1. The number of carboxylic acid groups (broad SMARTS) is 1. The first-order valence-corrected chi connectivity index (χ1v) is 13.2. The molecule has 0 bridgehead atoms. The molecule has 4 heterocycles. The zero-order chi connectivity index (χ0) is 24.7. The molecule has 1 aromatic carbocycles. The van der Waals surface area contributed by atoms with Crippen LogP contribution in [0.25, 0.3) is 11.5 Å². The number of nitrogen functional groups attached to an aromatic ring is 1. The van der Waals surface area contributed by atoms with Gasteiger partial charge in [0.25, 0.3) is 0 Å². The van der Waals surface area contributed by atoms with E-state index in [9.17, 15) is 9.90 Å². The number of hydrogen-bond donors (Lipinski definition) is 2. The predicted octanol–water partition coefficient (Wildman–Crippen LogP) is 4.81. The Morgan fingerprint density at radius 2 is 2.09 bits per heavy atom. The molecule has 1 saturated heterocycles. The monoisotopic (exact) mass is 562 g/mol. The summed E-state index contributed by atoms with van der Waals surface area (Å²) in [5.41, 5.74) is 6.70. The molecule has 0 aliphatic carbocycles. The van der Waals surface area contributed by atoms with E-state index in [0.717, 1.165) is 28.6 Å². The molecule has 0 radical (unpaired) electrons. The van der Waals surface area contributed by atoms with E-state index in [1.54, 1.807) is 11.2 Å². The molecule has 10 nitrogen and oxygen atoms in total. The van der Waals surface area contributed by atoms with Gasteiger partial charge in [0.05, 0.1) is 6.33 Å². The number of amides is 1. The first-order chi connectivity index (χ1) is 16.8. The molecule has 186 valence electrons. The van der Waals surface area contributed by atoms with Crippen molar-refractivity contribution in [2.45, 2.75) is 55.7 Å². The van der Waals surface area contributed by atoms with Gasteiger partial charge in [-0.1, -0.05) is 13.8 Å². The lowest BCUT2D eigenvalue weighted by atomic mass is 9.84. The van der Waals surface area contributed by atoms with Gasteiger partial charge in [0.2, 0.25) is 6.79 Å². The van der Waals surface area contributed by atoms with E-state index in [1.807, 2.05) is 16.7 Å². The Balaban J connectivity index is 1.32. The summed E-state index contributed by atoms with van der Waals surface area (Å²) in [7, 11) is 0. The fourth-order valence-corrected chi connectivity index (χ4v) is 6.10. The summed E-state index contributed by atoms with van der Waals surface area (Å²) in [6, 6.07) is 3.83. The van der Waals surface area contributed by atoms with E-state index < -0.39 is 6.09 Å². The van der Waals surface area contributed by atoms with Crippen LogP contribution < -0.4 is 15.2 Å². The first-order valence-electron chi connectivity index (χ1n) is 11.5. The Morgan fingerprint density at radius 1 is 1.31 bits per heavy atom. The van der Waals surface area contributed by atoms with Gasteiger partial charge < -0.3 is 29.8 Å². The fourth-order valence-electron chi connectivity index (χ4n) is 4.75. The Hall–Kier alpha value is -2.73. The minimum atomic E-state index is -0.827. The molecule has 4 aliphatic rings. The Bertz CT molecular complexity index is 1220. The normalized spacial score (nSPS) is 19.6. The van der Waals surface area contributed by atoms with Gasteiger partial charge in [-0.05, 0) is 70.9 Å². The third-order valence-electron chi connectivity index (χ3n) is 6.65. The molecule has 0 saturated carbocycles. The summed E-state index contributed by atoms with van der Waals surface area (Å²) in [5, 5.41) is 10.1. The predicted molar refractivity (Wildman–Crippen MR) is 134 cm³/mol. The maximum atomic E-state index is 11.6. The molecule has 5 rings (SSSR count). The maximum Gasteiger partial charge on any atom is 0.407 e. The van der Waals surface area contributed by atoms with Crippen molar-refractivity contribution in [2.24, 2.45) is 11.8 Å². The molecule has 1 aromatic rings. The van der Waals surface area contributed by atoms with Crippen molar-refractivity contribution in [3.63, 3.8) is 0 Å². The number of anilines is 1. The lowest BCUT2D eigenvalue weighted by Crippen LogP contribution is -2.48. The van der Waals surface area contributed by atoms with Crippen LogP contribution in [0.3, 0.4) is 0 Å². The summed E-state index contributed by atoms with van der Waals surface area (Å²) in [6.45, 7) is 5.67. The number of nitrogens with zero attached hydrogens (tertiary/aromatic N) is 5. The number of ether oxygens (including phenoxy) is 2. The highest BCUT2D eigenvalue weighted by Crippen LogP contribution is 2.43. The number of nitrogens with two attached hydrogens (primary N) is 1. The van der Waals surface area contributed by atoms with Gasteiger partial charge in [0, 0.05) is 28.5 Å². The van der Waals surface area contributed by atoms with E-state index in [4.69, 9.17) is 20.2 Å². The minimum Gasteiger partial charge on any atom is -0.465 e. The second kappa shape index (κ2) is 9.73. The van der Waals surface area contributed by atoms with Crippen LogP contribution in [0, 0.1) is 11.8 Å². The van der Waals surface area contributed by atoms with Gasteiger partial charge in [-0.2, -0.15) is 0 Å². The van der Waals surface area contributed by atoms with Gasteiger partial charge in [-0.3, -0.25) is 0 Å². The SMILES string of the molecule is CC(C)C1CC(CCn2cnc(N)c3nc(Sc4cc5c(cc4Br)OCO5)nc2-3)CCN1C(=O)O. The molecular formula is C23H27BrN6O4S. The van der Waals surface area contributed by atoms with Crippen LogP contribution in [-0.2, 0) is 6.54 Å². The quantitative estimate of drug-likeness (QED) is 0.434. The van der Waals surface area contributed by atoms with E-state index in [2.05, 4.69) is 39.7 Å². The number of carbonyl (C=O) groups is 1. The van der Waals surface area contributed by atoms with Gasteiger partial charge in [0.15, 0.2) is 34.0 Å². The van der Waals surface area contributed by atoms with Gasteiger partial charge in [-0.15, -0.1) is 0 Å².